The number of hydrogen-bond donors (Lipinski definition) is 1. The molecule has 1 saturated heterocycles. The van der Waals surface area contributed by atoms with E-state index in [2.05, 4.69) is 47.7 Å². The Morgan fingerprint density at radius 3 is 3.04 bits per heavy atom. The van der Waals surface area contributed by atoms with E-state index in [1.54, 1.807) is 18.4 Å². The van der Waals surface area contributed by atoms with Crippen molar-refractivity contribution in [2.45, 2.75) is 18.1 Å². The van der Waals surface area contributed by atoms with Gasteiger partial charge < -0.3 is 14.7 Å². The molecule has 0 saturated carbocycles. The van der Waals surface area contributed by atoms with Crippen LogP contribution in [0.3, 0.4) is 0 Å². The van der Waals surface area contributed by atoms with Crippen molar-refractivity contribution in [1.29, 1.82) is 0 Å². The van der Waals surface area contributed by atoms with Crippen molar-refractivity contribution in [1.82, 2.24) is 4.90 Å². The Morgan fingerprint density at radius 2 is 2.22 bits per heavy atom. The predicted molar refractivity (Wildman–Crippen MR) is 94.8 cm³/mol. The lowest BCUT2D eigenvalue weighted by atomic mass is 9.78. The molecule has 4 heteroatoms. The van der Waals surface area contributed by atoms with E-state index in [4.69, 9.17) is 4.74 Å². The average molecular weight is 327 g/mol. The second-order valence-corrected chi connectivity index (χ2v) is 7.50. The molecule has 0 spiro atoms. The van der Waals surface area contributed by atoms with Crippen LogP contribution in [0, 0.1) is 0 Å². The fourth-order valence-corrected chi connectivity index (χ4v) is 4.47. The molecule has 2 atom stereocenters. The summed E-state index contributed by atoms with van der Waals surface area (Å²) in [5, 5.41) is 13.9. The largest absolute Gasteiger partial charge is 0.362 e. The van der Waals surface area contributed by atoms with Gasteiger partial charge in [0.15, 0.2) is 5.79 Å². The highest BCUT2D eigenvalue weighted by molar-refractivity contribution is 7.17. The van der Waals surface area contributed by atoms with Crippen molar-refractivity contribution < 1.29 is 9.84 Å². The highest BCUT2D eigenvalue weighted by Crippen LogP contribution is 2.40. The number of rotatable bonds is 2. The summed E-state index contributed by atoms with van der Waals surface area (Å²) in [5.74, 6) is -0.801. The molecule has 23 heavy (non-hydrogen) atoms. The van der Waals surface area contributed by atoms with Crippen LogP contribution in [0.25, 0.3) is 10.1 Å². The summed E-state index contributed by atoms with van der Waals surface area (Å²) in [4.78, 5) is 2.31. The summed E-state index contributed by atoms with van der Waals surface area (Å²) in [5.41, 5.74) is 3.88. The van der Waals surface area contributed by atoms with E-state index in [-0.39, 0.29) is 0 Å². The molecule has 0 bridgehead atoms. The first-order valence-corrected chi connectivity index (χ1v) is 8.81. The van der Waals surface area contributed by atoms with E-state index in [1.807, 2.05) is 6.08 Å². The maximum Gasteiger partial charge on any atom is 0.189 e. The summed E-state index contributed by atoms with van der Waals surface area (Å²) in [6, 6.07) is 8.97. The number of likely N-dealkylation sites (tertiary alicyclic amines) is 1. The van der Waals surface area contributed by atoms with Gasteiger partial charge in [-0.1, -0.05) is 12.1 Å². The van der Waals surface area contributed by atoms with Gasteiger partial charge in [-0.25, -0.2) is 0 Å². The van der Waals surface area contributed by atoms with Gasteiger partial charge in [0.05, 0.1) is 0 Å². The first-order valence-electron chi connectivity index (χ1n) is 7.93. The SMILES string of the molecule is COC1(O)C=C2CN(C)CC(c3ccc4sccc4c3)C2=CC1. The zero-order chi connectivity index (χ0) is 16.0. The van der Waals surface area contributed by atoms with E-state index < -0.39 is 5.79 Å². The lowest BCUT2D eigenvalue weighted by Gasteiger charge is -2.39. The van der Waals surface area contributed by atoms with E-state index >= 15 is 0 Å². The minimum atomic E-state index is -1.15. The fourth-order valence-electron chi connectivity index (χ4n) is 3.70. The second kappa shape index (κ2) is 5.56. The van der Waals surface area contributed by atoms with Crippen LogP contribution in [0.2, 0.25) is 0 Å². The Bertz CT molecular complexity index is 807. The summed E-state index contributed by atoms with van der Waals surface area (Å²) < 4.78 is 6.60. The molecule has 1 aromatic heterocycles. The third-order valence-corrected chi connectivity index (χ3v) is 5.83. The van der Waals surface area contributed by atoms with Gasteiger partial charge in [0.25, 0.3) is 0 Å². The summed E-state index contributed by atoms with van der Waals surface area (Å²) in [7, 11) is 3.69. The van der Waals surface area contributed by atoms with Gasteiger partial charge in [-0.05, 0) is 58.8 Å². The van der Waals surface area contributed by atoms with Gasteiger partial charge in [-0.15, -0.1) is 11.3 Å². The van der Waals surface area contributed by atoms with Gasteiger partial charge in [-0.2, -0.15) is 0 Å². The number of fused-ring (bicyclic) bond motifs is 2. The second-order valence-electron chi connectivity index (χ2n) is 6.55. The number of hydrogen-bond acceptors (Lipinski definition) is 4. The molecule has 4 rings (SSSR count). The Hall–Kier alpha value is -1.46. The molecule has 1 fully saturated rings. The van der Waals surface area contributed by atoms with Crippen molar-refractivity contribution >= 4 is 21.4 Å². The van der Waals surface area contributed by atoms with Crippen LogP contribution >= 0.6 is 11.3 Å². The first-order chi connectivity index (χ1) is 11.1. The maximum absolute atomic E-state index is 10.4. The summed E-state index contributed by atoms with van der Waals surface area (Å²) in [6.07, 6.45) is 4.58. The number of benzene rings is 1. The molecule has 0 radical (unpaired) electrons. The Balaban J connectivity index is 1.74. The number of piperidine rings is 1. The van der Waals surface area contributed by atoms with Crippen LogP contribution in [0.15, 0.2) is 52.9 Å². The van der Waals surface area contributed by atoms with Gasteiger partial charge in [0.1, 0.15) is 0 Å². The lowest BCUT2D eigenvalue weighted by Crippen LogP contribution is -2.39. The van der Waals surface area contributed by atoms with E-state index in [0.717, 1.165) is 13.1 Å². The van der Waals surface area contributed by atoms with Gasteiger partial charge in [0.2, 0.25) is 0 Å². The van der Waals surface area contributed by atoms with Gasteiger partial charge in [0, 0.05) is 37.2 Å². The maximum atomic E-state index is 10.4. The molecular weight excluding hydrogens is 306 g/mol. The third-order valence-electron chi connectivity index (χ3n) is 4.93. The highest BCUT2D eigenvalue weighted by Gasteiger charge is 2.34. The van der Waals surface area contributed by atoms with Gasteiger partial charge in [-0.3, -0.25) is 0 Å². The number of likely N-dealkylation sites (N-methyl/N-ethyl adjacent to an activating group) is 1. The highest BCUT2D eigenvalue weighted by atomic mass is 32.1. The Morgan fingerprint density at radius 1 is 1.35 bits per heavy atom. The molecular formula is C19H21NO2S. The molecule has 0 amide bonds. The normalized spacial score (nSPS) is 28.4. The zero-order valence-electron chi connectivity index (χ0n) is 13.5. The molecule has 2 unspecified atom stereocenters. The van der Waals surface area contributed by atoms with Crippen molar-refractivity contribution in [2.24, 2.45) is 0 Å². The lowest BCUT2D eigenvalue weighted by molar-refractivity contribution is -0.144. The minimum absolute atomic E-state index is 0.353. The molecule has 1 N–H and O–H groups in total. The zero-order valence-corrected chi connectivity index (χ0v) is 14.3. The fraction of sp³-hybridized carbons (Fsp3) is 0.368. The summed E-state index contributed by atoms with van der Waals surface area (Å²) in [6.45, 7) is 1.86. The summed E-state index contributed by atoms with van der Waals surface area (Å²) >= 11 is 1.78. The van der Waals surface area contributed by atoms with Crippen LogP contribution in [-0.4, -0.2) is 43.0 Å². The van der Waals surface area contributed by atoms with Crippen molar-refractivity contribution in [3.05, 3.63) is 58.5 Å². The molecule has 2 aliphatic rings. The predicted octanol–water partition coefficient (Wildman–Crippen LogP) is 3.52. The number of ether oxygens (including phenoxy) is 1. The Kier molecular flexibility index (Phi) is 3.65. The molecule has 1 aromatic carbocycles. The smallest absolute Gasteiger partial charge is 0.189 e. The van der Waals surface area contributed by atoms with Crippen LogP contribution in [0.4, 0.5) is 0 Å². The molecule has 120 valence electrons. The van der Waals surface area contributed by atoms with Crippen molar-refractivity contribution in [3.8, 4) is 0 Å². The minimum Gasteiger partial charge on any atom is -0.362 e. The standard InChI is InChI=1S/C19H21NO2S/c1-20-11-15-10-19(21,22-2)7-5-16(15)17(12-20)13-3-4-18-14(9-13)6-8-23-18/h3-6,8-10,17,21H,7,11-12H2,1-2H3. The molecule has 1 aliphatic heterocycles. The number of thiophene rings is 1. The van der Waals surface area contributed by atoms with Crippen LogP contribution in [0.1, 0.15) is 17.9 Å². The van der Waals surface area contributed by atoms with E-state index in [1.165, 1.54) is 26.8 Å². The molecule has 3 nitrogen and oxygen atoms in total. The number of aliphatic hydroxyl groups is 1. The van der Waals surface area contributed by atoms with E-state index in [9.17, 15) is 5.11 Å². The van der Waals surface area contributed by atoms with Crippen LogP contribution in [0.5, 0.6) is 0 Å². The topological polar surface area (TPSA) is 32.7 Å². The van der Waals surface area contributed by atoms with Crippen molar-refractivity contribution in [2.75, 3.05) is 27.2 Å². The molecule has 1 aliphatic carbocycles. The van der Waals surface area contributed by atoms with E-state index in [0.29, 0.717) is 12.3 Å². The quantitative estimate of drug-likeness (QED) is 0.857. The third kappa shape index (κ3) is 2.66. The number of methoxy groups -OCH3 is 1. The monoisotopic (exact) mass is 327 g/mol. The van der Waals surface area contributed by atoms with Crippen LogP contribution in [-0.2, 0) is 4.74 Å². The van der Waals surface area contributed by atoms with Crippen molar-refractivity contribution in [3.63, 3.8) is 0 Å². The average Bonchev–Trinajstić information content (AvgIpc) is 3.01. The van der Waals surface area contributed by atoms with Gasteiger partial charge >= 0.3 is 0 Å². The Labute approximate surface area is 140 Å². The number of nitrogens with zero attached hydrogens (tertiary/aromatic N) is 1. The molecule has 2 heterocycles. The first kappa shape index (κ1) is 15.1. The van der Waals surface area contributed by atoms with Crippen LogP contribution < -0.4 is 0 Å². The molecule has 2 aromatic rings.